The Bertz CT molecular complexity index is 839. The summed E-state index contributed by atoms with van der Waals surface area (Å²) < 4.78 is 0. The number of benzene rings is 2. The van der Waals surface area contributed by atoms with Gasteiger partial charge in [0.05, 0.1) is 0 Å². The van der Waals surface area contributed by atoms with Gasteiger partial charge in [-0.25, -0.2) is 4.79 Å². The molecule has 29 heavy (non-hydrogen) atoms. The molecule has 2 N–H and O–H groups in total. The molecule has 0 unspecified atom stereocenters. The predicted octanol–water partition coefficient (Wildman–Crippen LogP) is 4.24. The smallest absolute Gasteiger partial charge is 0.276 e. The van der Waals surface area contributed by atoms with Crippen molar-refractivity contribution in [3.8, 4) is 0 Å². The number of amides is 4. The number of hydrogen-bond donors (Lipinski definition) is 2. The second-order valence-electron chi connectivity index (χ2n) is 7.57. The quantitative estimate of drug-likeness (QED) is 0.495. The van der Waals surface area contributed by atoms with Crippen LogP contribution in [0.15, 0.2) is 54.6 Å². The molecule has 152 valence electrons. The van der Waals surface area contributed by atoms with Gasteiger partial charge < -0.3 is 0 Å². The molecular weight excluding hydrogens is 364 g/mol. The first-order chi connectivity index (χ1) is 14.1. The fraction of sp³-hybridized carbons (Fsp3) is 0.375. The van der Waals surface area contributed by atoms with Crippen LogP contribution in [0.1, 0.15) is 62.1 Å². The third-order valence-corrected chi connectivity index (χ3v) is 5.55. The van der Waals surface area contributed by atoms with Gasteiger partial charge in [-0.2, -0.15) is 0 Å². The summed E-state index contributed by atoms with van der Waals surface area (Å²) in [7, 11) is 0. The van der Waals surface area contributed by atoms with Gasteiger partial charge in [-0.05, 0) is 29.5 Å². The summed E-state index contributed by atoms with van der Waals surface area (Å²) in [5.41, 5.74) is 0.692. The summed E-state index contributed by atoms with van der Waals surface area (Å²) in [5.74, 6) is -1.25. The summed E-state index contributed by atoms with van der Waals surface area (Å²) in [6, 6.07) is 15.7. The van der Waals surface area contributed by atoms with Crippen molar-refractivity contribution in [2.24, 2.45) is 0 Å². The van der Waals surface area contributed by atoms with Gasteiger partial charge in [0.25, 0.3) is 11.8 Å². The van der Waals surface area contributed by atoms with E-state index in [1.54, 1.807) is 24.3 Å². The fourth-order valence-corrected chi connectivity index (χ4v) is 3.94. The van der Waals surface area contributed by atoms with Crippen LogP contribution >= 0.6 is 0 Å². The lowest BCUT2D eigenvalue weighted by Gasteiger charge is -2.34. The first kappa shape index (κ1) is 20.8. The van der Waals surface area contributed by atoms with Gasteiger partial charge >= 0.3 is 6.03 Å². The molecule has 0 aromatic heterocycles. The van der Waals surface area contributed by atoms with Gasteiger partial charge in [0.15, 0.2) is 5.41 Å². The van der Waals surface area contributed by atoms with Gasteiger partial charge in [-0.1, -0.05) is 93.6 Å². The number of aryl methyl sites for hydroxylation is 1. The van der Waals surface area contributed by atoms with Crippen LogP contribution in [0, 0.1) is 0 Å². The maximum atomic E-state index is 12.9. The number of imide groups is 2. The molecule has 3 rings (SSSR count). The van der Waals surface area contributed by atoms with E-state index >= 15 is 0 Å². The van der Waals surface area contributed by atoms with Crippen molar-refractivity contribution in [2.45, 2.75) is 57.3 Å². The lowest BCUT2D eigenvalue weighted by atomic mass is 9.71. The third-order valence-electron chi connectivity index (χ3n) is 5.55. The Labute approximate surface area is 171 Å². The largest absolute Gasteiger partial charge is 0.328 e. The minimum Gasteiger partial charge on any atom is -0.276 e. The van der Waals surface area contributed by atoms with E-state index in [1.807, 2.05) is 30.3 Å². The molecule has 4 amide bonds. The average molecular weight is 392 g/mol. The molecule has 5 heteroatoms. The molecule has 1 heterocycles. The molecule has 0 radical (unpaired) electrons. The standard InChI is InChI=1S/C24H28N2O3/c1-2-3-4-5-6-8-11-18-14-16-20(17-15-18)24(19-12-9-7-10-13-19)21(27)25-23(29)26-22(24)28/h7,9-10,12-17H,2-6,8,11H2,1H3,(H2,25,26,27,28,29). The van der Waals surface area contributed by atoms with Gasteiger partial charge in [0.2, 0.25) is 0 Å². The van der Waals surface area contributed by atoms with Crippen molar-refractivity contribution in [3.63, 3.8) is 0 Å². The highest BCUT2D eigenvalue weighted by Gasteiger charge is 2.53. The molecule has 0 atom stereocenters. The molecule has 5 nitrogen and oxygen atoms in total. The Morgan fingerprint density at radius 1 is 0.690 bits per heavy atom. The number of hydrogen-bond acceptors (Lipinski definition) is 3. The molecule has 0 saturated carbocycles. The lowest BCUT2D eigenvalue weighted by Crippen LogP contribution is -2.65. The van der Waals surface area contributed by atoms with E-state index in [-0.39, 0.29) is 0 Å². The monoisotopic (exact) mass is 392 g/mol. The van der Waals surface area contributed by atoms with Gasteiger partial charge in [0, 0.05) is 0 Å². The van der Waals surface area contributed by atoms with E-state index in [9.17, 15) is 14.4 Å². The van der Waals surface area contributed by atoms with E-state index in [2.05, 4.69) is 17.6 Å². The topological polar surface area (TPSA) is 75.3 Å². The number of nitrogens with one attached hydrogen (secondary N) is 2. The fourth-order valence-electron chi connectivity index (χ4n) is 3.94. The minimum atomic E-state index is -1.58. The summed E-state index contributed by atoms with van der Waals surface area (Å²) in [6.07, 6.45) is 8.41. The van der Waals surface area contributed by atoms with E-state index in [0.717, 1.165) is 12.8 Å². The first-order valence-electron chi connectivity index (χ1n) is 10.4. The molecule has 2 aromatic carbocycles. The van der Waals surface area contributed by atoms with Crippen LogP contribution in [-0.4, -0.2) is 17.8 Å². The average Bonchev–Trinajstić information content (AvgIpc) is 2.72. The van der Waals surface area contributed by atoms with E-state index < -0.39 is 23.3 Å². The van der Waals surface area contributed by atoms with Crippen LogP contribution in [0.25, 0.3) is 0 Å². The van der Waals surface area contributed by atoms with E-state index in [1.165, 1.54) is 37.7 Å². The van der Waals surface area contributed by atoms with Crippen LogP contribution in [0.5, 0.6) is 0 Å². The molecule has 1 saturated heterocycles. The van der Waals surface area contributed by atoms with Crippen LogP contribution in [0.4, 0.5) is 4.79 Å². The third kappa shape index (κ3) is 4.39. The summed E-state index contributed by atoms with van der Waals surface area (Å²) in [6.45, 7) is 2.21. The lowest BCUT2D eigenvalue weighted by molar-refractivity contribution is -0.136. The Hall–Kier alpha value is -2.95. The maximum Gasteiger partial charge on any atom is 0.328 e. The van der Waals surface area contributed by atoms with Crippen molar-refractivity contribution >= 4 is 17.8 Å². The Balaban J connectivity index is 1.82. The number of barbiturate groups is 1. The van der Waals surface area contributed by atoms with Crippen molar-refractivity contribution in [3.05, 3.63) is 71.3 Å². The Kier molecular flexibility index (Phi) is 6.81. The molecule has 0 bridgehead atoms. The van der Waals surface area contributed by atoms with Crippen LogP contribution < -0.4 is 10.6 Å². The molecule has 2 aromatic rings. The van der Waals surface area contributed by atoms with Crippen molar-refractivity contribution in [1.82, 2.24) is 10.6 Å². The molecular formula is C24H28N2O3. The first-order valence-corrected chi connectivity index (χ1v) is 10.4. The summed E-state index contributed by atoms with van der Waals surface area (Å²) in [4.78, 5) is 37.5. The Morgan fingerprint density at radius 3 is 1.86 bits per heavy atom. The molecule has 1 aliphatic heterocycles. The van der Waals surface area contributed by atoms with Crippen molar-refractivity contribution in [2.75, 3.05) is 0 Å². The normalized spacial score (nSPS) is 15.7. The van der Waals surface area contributed by atoms with Gasteiger partial charge in [-0.3, -0.25) is 20.2 Å². The molecule has 1 fully saturated rings. The maximum absolute atomic E-state index is 12.9. The number of carbonyl (C=O) groups is 3. The number of unbranched alkanes of at least 4 members (excludes halogenated alkanes) is 5. The van der Waals surface area contributed by atoms with Gasteiger partial charge in [0.1, 0.15) is 0 Å². The highest BCUT2D eigenvalue weighted by atomic mass is 16.2. The molecule has 0 spiro atoms. The van der Waals surface area contributed by atoms with Crippen molar-refractivity contribution in [1.29, 1.82) is 0 Å². The SMILES string of the molecule is CCCCCCCCc1ccc(C2(c3ccccc3)C(=O)NC(=O)NC2=O)cc1. The summed E-state index contributed by atoms with van der Waals surface area (Å²) >= 11 is 0. The second-order valence-corrected chi connectivity index (χ2v) is 7.57. The minimum absolute atomic E-state index is 0.533. The van der Waals surface area contributed by atoms with E-state index in [0.29, 0.717) is 11.1 Å². The zero-order valence-corrected chi connectivity index (χ0v) is 16.9. The van der Waals surface area contributed by atoms with Crippen molar-refractivity contribution < 1.29 is 14.4 Å². The van der Waals surface area contributed by atoms with Crippen LogP contribution in [0.2, 0.25) is 0 Å². The highest BCUT2D eigenvalue weighted by Crippen LogP contribution is 2.35. The Morgan fingerprint density at radius 2 is 1.24 bits per heavy atom. The summed E-state index contributed by atoms with van der Waals surface area (Å²) in [5, 5.41) is 4.52. The number of rotatable bonds is 9. The second kappa shape index (κ2) is 9.50. The zero-order valence-electron chi connectivity index (χ0n) is 16.9. The van der Waals surface area contributed by atoms with Crippen LogP contribution in [-0.2, 0) is 21.4 Å². The van der Waals surface area contributed by atoms with E-state index in [4.69, 9.17) is 0 Å². The molecule has 1 aliphatic rings. The zero-order chi connectivity index (χ0) is 20.7. The number of urea groups is 1. The highest BCUT2D eigenvalue weighted by molar-refractivity contribution is 6.25. The molecule has 0 aliphatic carbocycles. The van der Waals surface area contributed by atoms with Gasteiger partial charge in [-0.15, -0.1) is 0 Å². The van der Waals surface area contributed by atoms with Crippen LogP contribution in [0.3, 0.4) is 0 Å². The predicted molar refractivity (Wildman–Crippen MR) is 112 cm³/mol. The number of carbonyl (C=O) groups excluding carboxylic acids is 3.